The Kier molecular flexibility index (Phi) is 6.16. The van der Waals surface area contributed by atoms with Crippen LogP contribution >= 0.6 is 22.9 Å². The van der Waals surface area contributed by atoms with Crippen LogP contribution in [0.4, 0.5) is 0 Å². The molecule has 1 aliphatic heterocycles. The number of hydrogen-bond donors (Lipinski definition) is 1. The first kappa shape index (κ1) is 21.9. The van der Waals surface area contributed by atoms with E-state index in [9.17, 15) is 14.7 Å². The number of halogens is 1. The molecule has 0 radical (unpaired) electrons. The van der Waals surface area contributed by atoms with Crippen LogP contribution in [0.2, 0.25) is 5.02 Å². The van der Waals surface area contributed by atoms with Crippen LogP contribution in [0.5, 0.6) is 11.5 Å². The number of pyridine rings is 1. The molecule has 1 N–H and O–H groups in total. The molecule has 1 unspecified atom stereocenters. The van der Waals surface area contributed by atoms with Gasteiger partial charge in [0, 0.05) is 29.9 Å². The summed E-state index contributed by atoms with van der Waals surface area (Å²) >= 11 is 7.66. The van der Waals surface area contributed by atoms with Crippen molar-refractivity contribution in [3.63, 3.8) is 0 Å². The summed E-state index contributed by atoms with van der Waals surface area (Å²) in [6, 6.07) is 9.42. The molecule has 1 fully saturated rings. The van der Waals surface area contributed by atoms with Gasteiger partial charge in [-0.3, -0.25) is 14.6 Å². The van der Waals surface area contributed by atoms with Gasteiger partial charge in [-0.15, -0.1) is 11.3 Å². The lowest BCUT2D eigenvalue weighted by molar-refractivity contribution is -0.140. The van der Waals surface area contributed by atoms with Crippen molar-refractivity contribution in [2.24, 2.45) is 0 Å². The number of Topliss-reactive ketones (excluding diaryl/α,β-unsaturated/α-hetero) is 1. The lowest BCUT2D eigenvalue weighted by Gasteiger charge is -2.24. The van der Waals surface area contributed by atoms with Gasteiger partial charge in [-0.1, -0.05) is 17.7 Å². The topological polar surface area (TPSA) is 89.0 Å². The van der Waals surface area contributed by atoms with Crippen LogP contribution in [0, 0.1) is 0 Å². The third-order valence-electron chi connectivity index (χ3n) is 5.18. The Labute approximate surface area is 193 Å². The van der Waals surface area contributed by atoms with Gasteiger partial charge in [-0.05, 0) is 35.2 Å². The average Bonchev–Trinajstić information content (AvgIpc) is 3.42. The molecular weight excluding hydrogens is 452 g/mol. The van der Waals surface area contributed by atoms with Gasteiger partial charge < -0.3 is 19.5 Å². The second-order valence-corrected chi connectivity index (χ2v) is 8.37. The van der Waals surface area contributed by atoms with Crippen molar-refractivity contribution in [2.45, 2.75) is 12.6 Å². The quantitative estimate of drug-likeness (QED) is 0.325. The number of ketones is 1. The van der Waals surface area contributed by atoms with Crippen LogP contribution in [-0.2, 0) is 16.1 Å². The predicted molar refractivity (Wildman–Crippen MR) is 121 cm³/mol. The van der Waals surface area contributed by atoms with E-state index in [2.05, 4.69) is 4.98 Å². The van der Waals surface area contributed by atoms with E-state index >= 15 is 0 Å². The number of ether oxygens (including phenoxy) is 2. The minimum atomic E-state index is -0.774. The van der Waals surface area contributed by atoms with Crippen molar-refractivity contribution in [1.82, 2.24) is 9.88 Å². The minimum Gasteiger partial charge on any atom is -0.507 e. The van der Waals surface area contributed by atoms with E-state index in [1.165, 1.54) is 42.6 Å². The number of benzene rings is 1. The molecule has 32 heavy (non-hydrogen) atoms. The van der Waals surface area contributed by atoms with Crippen LogP contribution in [0.3, 0.4) is 0 Å². The number of amides is 1. The highest BCUT2D eigenvalue weighted by atomic mass is 35.5. The lowest BCUT2D eigenvalue weighted by Crippen LogP contribution is -2.28. The van der Waals surface area contributed by atoms with E-state index in [1.807, 2.05) is 17.5 Å². The third kappa shape index (κ3) is 3.83. The number of methoxy groups -OCH3 is 2. The second kappa shape index (κ2) is 9.02. The molecule has 4 rings (SSSR count). The molecule has 1 atom stereocenters. The fourth-order valence-corrected chi connectivity index (χ4v) is 4.75. The van der Waals surface area contributed by atoms with Gasteiger partial charge in [0.1, 0.15) is 17.3 Å². The third-order valence-corrected chi connectivity index (χ3v) is 6.40. The van der Waals surface area contributed by atoms with E-state index in [0.29, 0.717) is 5.75 Å². The molecule has 2 aromatic heterocycles. The summed E-state index contributed by atoms with van der Waals surface area (Å²) in [5, 5.41) is 13.3. The highest BCUT2D eigenvalue weighted by Gasteiger charge is 2.46. The van der Waals surface area contributed by atoms with Crippen LogP contribution in [0.25, 0.3) is 5.76 Å². The number of likely N-dealkylation sites (tertiary alicyclic amines) is 1. The molecular formula is C23H19ClN2O5S. The van der Waals surface area contributed by atoms with Crippen LogP contribution < -0.4 is 9.47 Å². The Hall–Kier alpha value is -3.36. The van der Waals surface area contributed by atoms with E-state index in [0.717, 1.165) is 10.4 Å². The highest BCUT2D eigenvalue weighted by Crippen LogP contribution is 2.44. The zero-order chi connectivity index (χ0) is 22.8. The fraction of sp³-hybridized carbons (Fsp3) is 0.174. The van der Waals surface area contributed by atoms with Crippen molar-refractivity contribution in [1.29, 1.82) is 0 Å². The summed E-state index contributed by atoms with van der Waals surface area (Å²) in [5.41, 5.74) is 0.987. The zero-order valence-corrected chi connectivity index (χ0v) is 18.8. The SMILES string of the molecule is COc1cc(OC)c(/C(O)=C2/C(=O)C(=O)N(Cc3ccncc3)C2c2cccs2)cc1Cl. The van der Waals surface area contributed by atoms with Gasteiger partial charge in [-0.25, -0.2) is 0 Å². The summed E-state index contributed by atoms with van der Waals surface area (Å²) in [7, 11) is 2.89. The Morgan fingerprint density at radius 1 is 1.16 bits per heavy atom. The number of hydrogen-bond acceptors (Lipinski definition) is 7. The maximum atomic E-state index is 13.1. The average molecular weight is 471 g/mol. The van der Waals surface area contributed by atoms with Gasteiger partial charge in [0.05, 0.1) is 36.4 Å². The van der Waals surface area contributed by atoms with E-state index < -0.39 is 17.7 Å². The molecule has 1 amide bonds. The molecule has 0 spiro atoms. The Balaban J connectivity index is 1.88. The summed E-state index contributed by atoms with van der Waals surface area (Å²) in [5.74, 6) is -1.22. The number of nitrogens with zero attached hydrogens (tertiary/aromatic N) is 2. The minimum absolute atomic E-state index is 0.0222. The molecule has 0 bridgehead atoms. The number of thiophene rings is 1. The Morgan fingerprint density at radius 3 is 2.50 bits per heavy atom. The van der Waals surface area contributed by atoms with E-state index in [4.69, 9.17) is 21.1 Å². The normalized spacial score (nSPS) is 17.6. The van der Waals surface area contributed by atoms with E-state index in [1.54, 1.807) is 24.5 Å². The Morgan fingerprint density at radius 2 is 1.88 bits per heavy atom. The van der Waals surface area contributed by atoms with Gasteiger partial charge in [0.15, 0.2) is 0 Å². The van der Waals surface area contributed by atoms with Crippen molar-refractivity contribution in [3.8, 4) is 11.5 Å². The number of aliphatic hydroxyl groups excluding tert-OH is 1. The predicted octanol–water partition coefficient (Wildman–Crippen LogP) is 4.44. The molecule has 164 valence electrons. The Bertz CT molecular complexity index is 1190. The molecule has 3 heterocycles. The first-order chi connectivity index (χ1) is 15.5. The number of aromatic nitrogens is 1. The molecule has 0 saturated carbocycles. The first-order valence-corrected chi connectivity index (χ1v) is 10.8. The number of rotatable bonds is 6. The second-order valence-electron chi connectivity index (χ2n) is 6.98. The van der Waals surface area contributed by atoms with Gasteiger partial charge in [0.25, 0.3) is 11.7 Å². The molecule has 1 aromatic carbocycles. The number of aliphatic hydroxyl groups is 1. The van der Waals surface area contributed by atoms with E-state index in [-0.39, 0.29) is 34.2 Å². The smallest absolute Gasteiger partial charge is 0.295 e. The standard InChI is InChI=1S/C23H19ClN2O5S/c1-30-16-11-17(31-2)15(24)10-14(16)21(27)19-20(18-4-3-9-32-18)26(23(29)22(19)28)12-13-5-7-25-8-6-13/h3-11,20,27H,12H2,1-2H3/b21-19-. The van der Waals surface area contributed by atoms with Crippen LogP contribution in [-0.4, -0.2) is 40.9 Å². The maximum Gasteiger partial charge on any atom is 0.295 e. The lowest BCUT2D eigenvalue weighted by atomic mass is 9.99. The number of carbonyl (C=O) groups excluding carboxylic acids is 2. The zero-order valence-electron chi connectivity index (χ0n) is 17.2. The molecule has 0 aliphatic carbocycles. The van der Waals surface area contributed by atoms with Crippen LogP contribution in [0.15, 0.2) is 59.7 Å². The molecule has 1 saturated heterocycles. The van der Waals surface area contributed by atoms with Gasteiger partial charge in [0.2, 0.25) is 0 Å². The summed E-state index contributed by atoms with van der Waals surface area (Å²) in [6.45, 7) is 0.187. The fourth-order valence-electron chi connectivity index (χ4n) is 3.66. The molecule has 3 aromatic rings. The monoisotopic (exact) mass is 470 g/mol. The van der Waals surface area contributed by atoms with Crippen molar-refractivity contribution >= 4 is 40.4 Å². The molecule has 1 aliphatic rings. The van der Waals surface area contributed by atoms with Crippen molar-refractivity contribution in [2.75, 3.05) is 14.2 Å². The maximum absolute atomic E-state index is 13.1. The van der Waals surface area contributed by atoms with Crippen LogP contribution in [0.1, 0.15) is 22.0 Å². The largest absolute Gasteiger partial charge is 0.507 e. The summed E-state index contributed by atoms with van der Waals surface area (Å²) in [6.07, 6.45) is 3.24. The van der Waals surface area contributed by atoms with Crippen molar-refractivity contribution < 1.29 is 24.2 Å². The molecule has 7 nitrogen and oxygen atoms in total. The molecule has 9 heteroatoms. The first-order valence-electron chi connectivity index (χ1n) is 9.58. The summed E-state index contributed by atoms with van der Waals surface area (Å²) < 4.78 is 10.6. The summed E-state index contributed by atoms with van der Waals surface area (Å²) in [4.78, 5) is 32.3. The highest BCUT2D eigenvalue weighted by molar-refractivity contribution is 7.10. The number of carbonyl (C=O) groups is 2. The van der Waals surface area contributed by atoms with Gasteiger partial charge >= 0.3 is 0 Å². The van der Waals surface area contributed by atoms with Gasteiger partial charge in [-0.2, -0.15) is 0 Å². The van der Waals surface area contributed by atoms with Crippen molar-refractivity contribution in [3.05, 3.63) is 80.8 Å².